The fourth-order valence-electron chi connectivity index (χ4n) is 3.99. The number of hydrogen-bond donors (Lipinski definition) is 1. The van der Waals surface area contributed by atoms with Crippen LogP contribution in [0.15, 0.2) is 12.5 Å². The molecule has 4 nitrogen and oxygen atoms in total. The minimum Gasteiger partial charge on any atom is -0.331 e. The Morgan fingerprint density at radius 3 is 2.50 bits per heavy atom. The van der Waals surface area contributed by atoms with Gasteiger partial charge >= 0.3 is 6.36 Å². The van der Waals surface area contributed by atoms with Gasteiger partial charge in [-0.2, -0.15) is 0 Å². The summed E-state index contributed by atoms with van der Waals surface area (Å²) in [6.07, 6.45) is 2.28. The highest BCUT2D eigenvalue weighted by Crippen LogP contribution is 2.63. The van der Waals surface area contributed by atoms with Gasteiger partial charge in [0, 0.05) is 17.7 Å². The molecule has 2 N–H and O–H groups in total. The van der Waals surface area contributed by atoms with E-state index in [9.17, 15) is 13.2 Å². The lowest BCUT2D eigenvalue weighted by atomic mass is 9.44. The van der Waals surface area contributed by atoms with E-state index in [1.165, 1.54) is 0 Å². The van der Waals surface area contributed by atoms with E-state index in [0.717, 1.165) is 25.0 Å². The second kappa shape index (κ2) is 3.57. The van der Waals surface area contributed by atoms with Gasteiger partial charge in [0.2, 0.25) is 0 Å². The Morgan fingerprint density at radius 2 is 1.95 bits per heavy atom. The van der Waals surface area contributed by atoms with Crippen LogP contribution in [0.1, 0.15) is 43.7 Å². The van der Waals surface area contributed by atoms with Gasteiger partial charge < -0.3 is 10.3 Å². The normalized spacial score (nSPS) is 42.6. The predicted octanol–water partition coefficient (Wildman–Crippen LogP) is 2.26. The number of rotatable bonds is 3. The highest BCUT2D eigenvalue weighted by molar-refractivity contribution is 5.27. The molecule has 20 heavy (non-hydrogen) atoms. The van der Waals surface area contributed by atoms with Crippen LogP contribution in [-0.4, -0.2) is 27.6 Å². The fourth-order valence-corrected chi connectivity index (χ4v) is 3.99. The van der Waals surface area contributed by atoms with Crippen molar-refractivity contribution in [3.63, 3.8) is 0 Å². The van der Waals surface area contributed by atoms with Crippen molar-refractivity contribution in [2.24, 2.45) is 5.73 Å². The molecule has 1 heterocycles. The molecule has 0 unspecified atom stereocenters. The lowest BCUT2D eigenvalue weighted by Crippen LogP contribution is -2.76. The van der Waals surface area contributed by atoms with Crippen molar-refractivity contribution >= 4 is 0 Å². The average Bonchev–Trinajstić information content (AvgIpc) is 2.64. The van der Waals surface area contributed by atoms with Crippen LogP contribution >= 0.6 is 0 Å². The van der Waals surface area contributed by atoms with E-state index >= 15 is 0 Å². The van der Waals surface area contributed by atoms with Crippen LogP contribution in [0, 0.1) is 0 Å². The van der Waals surface area contributed by atoms with Crippen molar-refractivity contribution < 1.29 is 17.9 Å². The Hall–Kier alpha value is -1.08. The number of ether oxygens (including phenoxy) is 1. The van der Waals surface area contributed by atoms with Crippen LogP contribution in [0.3, 0.4) is 0 Å². The minimum absolute atomic E-state index is 0.0343. The summed E-state index contributed by atoms with van der Waals surface area (Å²) in [7, 11) is 0. The summed E-state index contributed by atoms with van der Waals surface area (Å²) in [5.41, 5.74) is 7.09. The Kier molecular flexibility index (Phi) is 2.26. The Balaban J connectivity index is 1.37. The van der Waals surface area contributed by atoms with Crippen LogP contribution in [0.4, 0.5) is 13.2 Å². The molecule has 0 saturated heterocycles. The second-order valence-electron chi connectivity index (χ2n) is 6.68. The summed E-state index contributed by atoms with van der Waals surface area (Å²) in [6, 6.07) is 0. The van der Waals surface area contributed by atoms with Crippen LogP contribution in [0.25, 0.3) is 0 Å². The van der Waals surface area contributed by atoms with Crippen molar-refractivity contribution in [2.75, 3.05) is 0 Å². The fraction of sp³-hybridized carbons (Fsp3) is 0.769. The number of aromatic nitrogens is 2. The van der Waals surface area contributed by atoms with Crippen molar-refractivity contribution in [1.82, 2.24) is 9.55 Å². The maximum atomic E-state index is 12.1. The van der Waals surface area contributed by atoms with E-state index in [-0.39, 0.29) is 17.0 Å². The van der Waals surface area contributed by atoms with E-state index in [4.69, 9.17) is 5.73 Å². The molecule has 1 aromatic rings. The molecule has 0 atom stereocenters. The molecule has 0 spiro atoms. The molecule has 1 aromatic heterocycles. The minimum atomic E-state index is -4.53. The molecule has 110 valence electrons. The van der Waals surface area contributed by atoms with E-state index in [0.29, 0.717) is 12.8 Å². The van der Waals surface area contributed by atoms with Gasteiger partial charge in [-0.25, -0.2) is 4.98 Å². The topological polar surface area (TPSA) is 53.1 Å². The van der Waals surface area contributed by atoms with E-state index in [1.807, 2.05) is 6.20 Å². The standard InChI is InChI=1S/C13H16F3N3O/c14-13(15,16)20-9-1-8(2-9)10-3-19(7-18-10)12-4-11(17,5-12)6-12/h3,7-9H,1-2,4-6,17H2/t8-,9+,11?,12?. The molecule has 0 radical (unpaired) electrons. The number of hydrogen-bond acceptors (Lipinski definition) is 3. The van der Waals surface area contributed by atoms with Gasteiger partial charge in [0.15, 0.2) is 0 Å². The van der Waals surface area contributed by atoms with Crippen molar-refractivity contribution in [3.8, 4) is 0 Å². The summed E-state index contributed by atoms with van der Waals surface area (Å²) >= 11 is 0. The smallest absolute Gasteiger partial charge is 0.331 e. The van der Waals surface area contributed by atoms with Gasteiger partial charge in [0.25, 0.3) is 0 Å². The molecule has 2 bridgehead atoms. The largest absolute Gasteiger partial charge is 0.522 e. The number of halogens is 3. The van der Waals surface area contributed by atoms with Gasteiger partial charge in [-0.1, -0.05) is 0 Å². The Bertz CT molecular complexity index is 528. The van der Waals surface area contributed by atoms with Crippen LogP contribution < -0.4 is 5.73 Å². The molecule has 7 heteroatoms. The SMILES string of the molecule is NC12CC(n3cnc([C@H]4C[C@@H](OC(F)(F)F)C4)c3)(C1)C2. The maximum absolute atomic E-state index is 12.1. The van der Waals surface area contributed by atoms with Crippen LogP contribution in [0.2, 0.25) is 0 Å². The van der Waals surface area contributed by atoms with Crippen molar-refractivity contribution in [3.05, 3.63) is 18.2 Å². The lowest BCUT2D eigenvalue weighted by molar-refractivity contribution is -0.351. The predicted molar refractivity (Wildman–Crippen MR) is 63.9 cm³/mol. The maximum Gasteiger partial charge on any atom is 0.522 e. The Labute approximate surface area is 114 Å². The first kappa shape index (κ1) is 12.6. The third kappa shape index (κ3) is 1.79. The molecule has 4 aliphatic carbocycles. The zero-order valence-electron chi connectivity index (χ0n) is 10.9. The first-order valence-corrected chi connectivity index (χ1v) is 6.85. The number of alkyl halides is 3. The van der Waals surface area contributed by atoms with E-state index in [1.54, 1.807) is 6.33 Å². The van der Waals surface area contributed by atoms with Gasteiger partial charge in [-0.05, 0) is 32.1 Å². The molecule has 0 aromatic carbocycles. The molecule has 0 amide bonds. The van der Waals surface area contributed by atoms with Crippen molar-refractivity contribution in [2.45, 2.75) is 61.6 Å². The highest BCUT2D eigenvalue weighted by Gasteiger charge is 2.67. The number of imidazole rings is 1. The first-order valence-electron chi connectivity index (χ1n) is 6.85. The summed E-state index contributed by atoms with van der Waals surface area (Å²) < 4.78 is 42.3. The average molecular weight is 287 g/mol. The zero-order chi connectivity index (χ0) is 14.2. The highest BCUT2D eigenvalue weighted by atomic mass is 19.4. The Morgan fingerprint density at radius 1 is 1.30 bits per heavy atom. The number of nitrogens with zero attached hydrogens (tertiary/aromatic N) is 2. The number of nitrogens with two attached hydrogens (primary N) is 1. The van der Waals surface area contributed by atoms with Gasteiger partial charge in [0.1, 0.15) is 0 Å². The van der Waals surface area contributed by atoms with Gasteiger partial charge in [0.05, 0.1) is 23.7 Å². The summed E-state index contributed by atoms with van der Waals surface area (Å²) in [5.74, 6) is 0.0859. The molecular formula is C13H16F3N3O. The van der Waals surface area contributed by atoms with Crippen molar-refractivity contribution in [1.29, 1.82) is 0 Å². The van der Waals surface area contributed by atoms with Gasteiger partial charge in [-0.15, -0.1) is 13.2 Å². The summed E-state index contributed by atoms with van der Waals surface area (Å²) in [6.45, 7) is 0. The third-order valence-corrected chi connectivity index (χ3v) is 5.01. The zero-order valence-corrected chi connectivity index (χ0v) is 10.9. The van der Waals surface area contributed by atoms with Crippen LogP contribution in [0.5, 0.6) is 0 Å². The molecule has 4 aliphatic rings. The second-order valence-corrected chi connectivity index (χ2v) is 6.68. The molecule has 4 saturated carbocycles. The van der Waals surface area contributed by atoms with Gasteiger partial charge in [-0.3, -0.25) is 4.74 Å². The summed E-state index contributed by atoms with van der Waals surface area (Å²) in [5, 5.41) is 0. The van der Waals surface area contributed by atoms with Crippen LogP contribution in [-0.2, 0) is 10.3 Å². The quantitative estimate of drug-likeness (QED) is 0.927. The summed E-state index contributed by atoms with van der Waals surface area (Å²) in [4.78, 5) is 4.35. The molecule has 0 aliphatic heterocycles. The van der Waals surface area contributed by atoms with E-state index < -0.39 is 12.5 Å². The first-order chi connectivity index (χ1) is 9.27. The lowest BCUT2D eigenvalue weighted by Gasteiger charge is -2.69. The molecule has 5 rings (SSSR count). The molecular weight excluding hydrogens is 271 g/mol. The third-order valence-electron chi connectivity index (χ3n) is 5.01. The van der Waals surface area contributed by atoms with E-state index in [2.05, 4.69) is 14.3 Å². The monoisotopic (exact) mass is 287 g/mol. The molecule has 4 fully saturated rings.